The van der Waals surface area contributed by atoms with E-state index >= 15 is 0 Å². The van der Waals surface area contributed by atoms with Gasteiger partial charge < -0.3 is 4.74 Å². The zero-order chi connectivity index (χ0) is 13.1. The van der Waals surface area contributed by atoms with E-state index < -0.39 is 0 Å². The molecule has 0 atom stereocenters. The van der Waals surface area contributed by atoms with E-state index in [0.29, 0.717) is 20.9 Å². The van der Waals surface area contributed by atoms with Gasteiger partial charge >= 0.3 is 6.01 Å². The van der Waals surface area contributed by atoms with Gasteiger partial charge in [-0.2, -0.15) is 10.2 Å². The number of nitrogens with zero attached hydrogens (tertiary/aromatic N) is 3. The molecule has 90 valence electrons. The molecular formula is C12H7BrClN3O. The van der Waals surface area contributed by atoms with Gasteiger partial charge in [0.25, 0.3) is 0 Å². The van der Waals surface area contributed by atoms with Crippen LogP contribution in [0, 0.1) is 18.3 Å². The quantitative estimate of drug-likeness (QED) is 0.841. The Balaban J connectivity index is 2.34. The van der Waals surface area contributed by atoms with Crippen LogP contribution in [0.3, 0.4) is 0 Å². The molecule has 0 amide bonds. The maximum Gasteiger partial charge on any atom is 0.323 e. The van der Waals surface area contributed by atoms with Crippen LogP contribution in [0.1, 0.15) is 11.4 Å². The van der Waals surface area contributed by atoms with E-state index in [9.17, 15) is 0 Å². The highest BCUT2D eigenvalue weighted by Gasteiger charge is 2.07. The summed E-state index contributed by atoms with van der Waals surface area (Å²) < 4.78 is 6.20. The lowest BCUT2D eigenvalue weighted by Crippen LogP contribution is -1.96. The van der Waals surface area contributed by atoms with E-state index in [1.54, 1.807) is 31.2 Å². The number of aromatic nitrogens is 2. The van der Waals surface area contributed by atoms with Gasteiger partial charge in [-0.05, 0) is 47.1 Å². The Morgan fingerprint density at radius 1 is 1.33 bits per heavy atom. The highest BCUT2D eigenvalue weighted by molar-refractivity contribution is 9.10. The third-order valence-corrected chi connectivity index (χ3v) is 2.90. The topological polar surface area (TPSA) is 58.8 Å². The van der Waals surface area contributed by atoms with Gasteiger partial charge in [0.2, 0.25) is 0 Å². The zero-order valence-electron chi connectivity index (χ0n) is 9.32. The summed E-state index contributed by atoms with van der Waals surface area (Å²) in [5, 5.41) is 9.42. The van der Waals surface area contributed by atoms with E-state index in [2.05, 4.69) is 25.9 Å². The summed E-state index contributed by atoms with van der Waals surface area (Å²) in [6.45, 7) is 1.77. The van der Waals surface area contributed by atoms with Crippen LogP contribution >= 0.6 is 27.5 Å². The second-order valence-electron chi connectivity index (χ2n) is 3.47. The molecule has 0 saturated heterocycles. The first-order valence-electron chi connectivity index (χ1n) is 4.97. The summed E-state index contributed by atoms with van der Waals surface area (Å²) in [4.78, 5) is 8.06. The number of hydrogen-bond acceptors (Lipinski definition) is 4. The molecule has 2 aromatic rings. The average Bonchev–Trinajstić information content (AvgIpc) is 2.32. The van der Waals surface area contributed by atoms with Gasteiger partial charge in [0.15, 0.2) is 0 Å². The molecule has 1 aromatic heterocycles. The van der Waals surface area contributed by atoms with Crippen LogP contribution in [0.2, 0.25) is 5.02 Å². The van der Waals surface area contributed by atoms with Gasteiger partial charge in [-0.15, -0.1) is 0 Å². The second-order valence-corrected chi connectivity index (χ2v) is 4.76. The van der Waals surface area contributed by atoms with Gasteiger partial charge in [0, 0.05) is 10.7 Å². The lowest BCUT2D eigenvalue weighted by molar-refractivity contribution is 0.437. The van der Waals surface area contributed by atoms with Gasteiger partial charge in [-0.1, -0.05) is 11.6 Å². The number of aryl methyl sites for hydroxylation is 1. The normalized spacial score (nSPS) is 9.89. The number of benzene rings is 1. The largest absolute Gasteiger partial charge is 0.423 e. The molecule has 0 N–H and O–H groups in total. The number of halogens is 2. The van der Waals surface area contributed by atoms with E-state index in [4.69, 9.17) is 21.6 Å². The minimum Gasteiger partial charge on any atom is -0.423 e. The molecule has 2 rings (SSSR count). The van der Waals surface area contributed by atoms with Gasteiger partial charge in [-0.3, -0.25) is 0 Å². The molecule has 6 heteroatoms. The molecule has 4 nitrogen and oxygen atoms in total. The summed E-state index contributed by atoms with van der Waals surface area (Å²) >= 11 is 9.16. The Morgan fingerprint density at radius 2 is 2.11 bits per heavy atom. The predicted molar refractivity (Wildman–Crippen MR) is 70.7 cm³/mol. The van der Waals surface area contributed by atoms with E-state index in [1.165, 1.54) is 0 Å². The molecule has 0 saturated carbocycles. The average molecular weight is 325 g/mol. The maximum atomic E-state index is 8.82. The van der Waals surface area contributed by atoms with Crippen molar-refractivity contribution in [2.24, 2.45) is 0 Å². The van der Waals surface area contributed by atoms with E-state index in [1.807, 2.05) is 6.07 Å². The molecule has 1 aromatic carbocycles. The van der Waals surface area contributed by atoms with Crippen molar-refractivity contribution in [3.8, 4) is 17.8 Å². The van der Waals surface area contributed by atoms with Crippen molar-refractivity contribution < 1.29 is 4.74 Å². The van der Waals surface area contributed by atoms with Crippen molar-refractivity contribution in [3.63, 3.8) is 0 Å². The van der Waals surface area contributed by atoms with Crippen LogP contribution in [-0.4, -0.2) is 9.97 Å². The molecule has 0 spiro atoms. The third-order valence-electron chi connectivity index (χ3n) is 2.04. The molecule has 0 radical (unpaired) electrons. The Labute approximate surface area is 117 Å². The lowest BCUT2D eigenvalue weighted by Gasteiger charge is -2.06. The zero-order valence-corrected chi connectivity index (χ0v) is 11.7. The minimum atomic E-state index is 0.134. The molecule has 0 unspecified atom stereocenters. The molecule has 0 fully saturated rings. The first kappa shape index (κ1) is 12.8. The SMILES string of the molecule is Cc1cc(C#N)nc(Oc2ccc(Cl)cc2Br)n1. The summed E-state index contributed by atoms with van der Waals surface area (Å²) in [5.74, 6) is 0.536. The first-order valence-corrected chi connectivity index (χ1v) is 6.14. The second kappa shape index (κ2) is 5.34. The van der Waals surface area contributed by atoms with Crippen LogP contribution in [0.4, 0.5) is 0 Å². The van der Waals surface area contributed by atoms with Crippen LogP contribution < -0.4 is 4.74 Å². The summed E-state index contributed by atoms with van der Waals surface area (Å²) in [6.07, 6.45) is 0. The number of rotatable bonds is 2. The van der Waals surface area contributed by atoms with Crippen molar-refractivity contribution in [3.05, 3.63) is 45.1 Å². The van der Waals surface area contributed by atoms with Crippen molar-refractivity contribution in [1.82, 2.24) is 9.97 Å². The van der Waals surface area contributed by atoms with Crippen LogP contribution in [0.5, 0.6) is 11.8 Å². The summed E-state index contributed by atoms with van der Waals surface area (Å²) in [7, 11) is 0. The smallest absolute Gasteiger partial charge is 0.323 e. The van der Waals surface area contributed by atoms with Crippen molar-refractivity contribution in [2.45, 2.75) is 6.92 Å². The number of nitriles is 1. The van der Waals surface area contributed by atoms with Gasteiger partial charge in [0.05, 0.1) is 4.47 Å². The van der Waals surface area contributed by atoms with Gasteiger partial charge in [-0.25, -0.2) is 4.98 Å². The van der Waals surface area contributed by atoms with Crippen LogP contribution in [0.15, 0.2) is 28.7 Å². The molecular weight excluding hydrogens is 318 g/mol. The Morgan fingerprint density at radius 3 is 2.78 bits per heavy atom. The third kappa shape index (κ3) is 2.97. The molecule has 0 aliphatic carbocycles. The fraction of sp³-hybridized carbons (Fsp3) is 0.0833. The first-order chi connectivity index (χ1) is 8.58. The summed E-state index contributed by atoms with van der Waals surface area (Å²) in [6, 6.07) is 8.78. The fourth-order valence-corrected chi connectivity index (χ4v) is 2.06. The molecule has 0 aliphatic heterocycles. The van der Waals surface area contributed by atoms with Crippen LogP contribution in [0.25, 0.3) is 0 Å². The highest BCUT2D eigenvalue weighted by Crippen LogP contribution is 2.30. The number of hydrogen-bond donors (Lipinski definition) is 0. The predicted octanol–water partition coefficient (Wildman–Crippen LogP) is 3.86. The standard InChI is InChI=1S/C12H7BrClN3O/c1-7-4-9(6-15)17-12(16-7)18-11-3-2-8(14)5-10(11)13/h2-5H,1H3. The monoisotopic (exact) mass is 323 g/mol. The molecule has 0 aliphatic rings. The molecule has 1 heterocycles. The fourth-order valence-electron chi connectivity index (χ4n) is 1.30. The van der Waals surface area contributed by atoms with Crippen molar-refractivity contribution in [2.75, 3.05) is 0 Å². The summed E-state index contributed by atoms with van der Waals surface area (Å²) in [5.41, 5.74) is 0.934. The Bertz CT molecular complexity index is 640. The van der Waals surface area contributed by atoms with Gasteiger partial charge in [0.1, 0.15) is 17.5 Å². The Hall–Kier alpha value is -1.64. The number of ether oxygens (including phenoxy) is 1. The molecule has 18 heavy (non-hydrogen) atoms. The van der Waals surface area contributed by atoms with Crippen molar-refractivity contribution >= 4 is 27.5 Å². The molecule has 0 bridgehead atoms. The Kier molecular flexibility index (Phi) is 3.80. The lowest BCUT2D eigenvalue weighted by atomic mass is 10.3. The van der Waals surface area contributed by atoms with E-state index in [0.717, 1.165) is 0 Å². The minimum absolute atomic E-state index is 0.134. The van der Waals surface area contributed by atoms with Crippen molar-refractivity contribution in [1.29, 1.82) is 5.26 Å². The van der Waals surface area contributed by atoms with Crippen LogP contribution in [-0.2, 0) is 0 Å². The highest BCUT2D eigenvalue weighted by atomic mass is 79.9. The van der Waals surface area contributed by atoms with E-state index in [-0.39, 0.29) is 11.7 Å². The maximum absolute atomic E-state index is 8.82.